The molecule has 1 unspecified atom stereocenters. The van der Waals surface area contributed by atoms with E-state index in [1.807, 2.05) is 6.08 Å². The van der Waals surface area contributed by atoms with E-state index in [0.29, 0.717) is 17.8 Å². The quantitative estimate of drug-likeness (QED) is 0.450. The lowest BCUT2D eigenvalue weighted by molar-refractivity contribution is -0.115. The molecule has 94 valence electrons. The molecule has 16 heavy (non-hydrogen) atoms. The fraction of sp³-hybridized carbons (Fsp3) is 0.800. The Hall–Kier alpha value is -0.590. The largest absolute Gasteiger partial charge is 0.295 e. The van der Waals surface area contributed by atoms with E-state index in [0.717, 1.165) is 12.8 Å². The predicted molar refractivity (Wildman–Crippen MR) is 71.5 cm³/mol. The van der Waals surface area contributed by atoms with Crippen molar-refractivity contribution in [3.05, 3.63) is 12.2 Å². The zero-order valence-electron chi connectivity index (χ0n) is 11.7. The van der Waals surface area contributed by atoms with Crippen molar-refractivity contribution in [2.75, 3.05) is 0 Å². The van der Waals surface area contributed by atoms with Gasteiger partial charge in [-0.2, -0.15) is 0 Å². The van der Waals surface area contributed by atoms with E-state index < -0.39 is 0 Å². The monoisotopic (exact) mass is 224 g/mol. The molecule has 0 fully saturated rings. The lowest BCUT2D eigenvalue weighted by atomic mass is 9.83. The van der Waals surface area contributed by atoms with Crippen molar-refractivity contribution in [3.63, 3.8) is 0 Å². The first-order valence-corrected chi connectivity index (χ1v) is 6.54. The molecular weight excluding hydrogens is 196 g/mol. The number of ketones is 1. The summed E-state index contributed by atoms with van der Waals surface area (Å²) in [5.74, 6) is 0.774. The van der Waals surface area contributed by atoms with Crippen LogP contribution in [0.5, 0.6) is 0 Å². The Kier molecular flexibility index (Phi) is 7.36. The Morgan fingerprint density at radius 1 is 1.31 bits per heavy atom. The summed E-state index contributed by atoms with van der Waals surface area (Å²) in [7, 11) is 0. The SMILES string of the molecule is CCCCC=CC(=O)CC(C)CC(C)(C)C. The highest BCUT2D eigenvalue weighted by atomic mass is 16.1. The highest BCUT2D eigenvalue weighted by molar-refractivity contribution is 5.89. The lowest BCUT2D eigenvalue weighted by Gasteiger charge is -2.22. The van der Waals surface area contributed by atoms with Gasteiger partial charge in [-0.25, -0.2) is 0 Å². The van der Waals surface area contributed by atoms with Gasteiger partial charge in [0, 0.05) is 6.42 Å². The van der Waals surface area contributed by atoms with Gasteiger partial charge in [0.15, 0.2) is 5.78 Å². The highest BCUT2D eigenvalue weighted by Crippen LogP contribution is 2.26. The maximum absolute atomic E-state index is 11.6. The van der Waals surface area contributed by atoms with Crippen LogP contribution in [-0.2, 0) is 4.79 Å². The summed E-state index contributed by atoms with van der Waals surface area (Å²) >= 11 is 0. The van der Waals surface area contributed by atoms with Gasteiger partial charge >= 0.3 is 0 Å². The van der Waals surface area contributed by atoms with Gasteiger partial charge in [-0.1, -0.05) is 53.5 Å². The van der Waals surface area contributed by atoms with Crippen LogP contribution in [0.4, 0.5) is 0 Å². The maximum Gasteiger partial charge on any atom is 0.155 e. The van der Waals surface area contributed by atoms with Crippen LogP contribution in [0.2, 0.25) is 0 Å². The van der Waals surface area contributed by atoms with Crippen LogP contribution in [0.15, 0.2) is 12.2 Å². The molecule has 0 aliphatic carbocycles. The first-order chi connectivity index (χ1) is 7.35. The van der Waals surface area contributed by atoms with Crippen LogP contribution >= 0.6 is 0 Å². The van der Waals surface area contributed by atoms with E-state index in [2.05, 4.69) is 34.6 Å². The highest BCUT2D eigenvalue weighted by Gasteiger charge is 2.16. The molecule has 0 saturated carbocycles. The molecule has 0 aromatic heterocycles. The second kappa shape index (κ2) is 7.65. The average Bonchev–Trinajstić information content (AvgIpc) is 2.09. The second-order valence-electron chi connectivity index (χ2n) is 6.08. The first kappa shape index (κ1) is 15.4. The summed E-state index contributed by atoms with van der Waals surface area (Å²) in [5, 5.41) is 0. The lowest BCUT2D eigenvalue weighted by Crippen LogP contribution is -2.13. The number of unbranched alkanes of at least 4 members (excludes halogenated alkanes) is 2. The van der Waals surface area contributed by atoms with Crippen molar-refractivity contribution < 1.29 is 4.79 Å². The molecule has 0 radical (unpaired) electrons. The van der Waals surface area contributed by atoms with Gasteiger partial charge in [0.2, 0.25) is 0 Å². The summed E-state index contributed by atoms with van der Waals surface area (Å²) in [6, 6.07) is 0. The normalized spacial score (nSPS) is 14.3. The molecule has 0 N–H and O–H groups in total. The van der Waals surface area contributed by atoms with Gasteiger partial charge in [0.05, 0.1) is 0 Å². The fourth-order valence-corrected chi connectivity index (χ4v) is 2.07. The molecule has 0 heterocycles. The van der Waals surface area contributed by atoms with Gasteiger partial charge in [0.25, 0.3) is 0 Å². The van der Waals surface area contributed by atoms with Crippen molar-refractivity contribution in [1.29, 1.82) is 0 Å². The molecule has 0 bridgehead atoms. The van der Waals surface area contributed by atoms with Crippen LogP contribution in [0.3, 0.4) is 0 Å². The minimum atomic E-state index is 0.285. The Bertz CT molecular complexity index is 220. The molecule has 0 rings (SSSR count). The van der Waals surface area contributed by atoms with E-state index in [4.69, 9.17) is 0 Å². The van der Waals surface area contributed by atoms with Gasteiger partial charge in [-0.15, -0.1) is 0 Å². The summed E-state index contributed by atoms with van der Waals surface area (Å²) in [6.07, 6.45) is 9.02. The molecule has 0 aromatic rings. The number of carbonyl (C=O) groups excluding carboxylic acids is 1. The summed E-state index contributed by atoms with van der Waals surface area (Å²) in [5.41, 5.74) is 0.325. The van der Waals surface area contributed by atoms with Crippen LogP contribution in [0.25, 0.3) is 0 Å². The number of hydrogen-bond donors (Lipinski definition) is 0. The Morgan fingerprint density at radius 3 is 2.44 bits per heavy atom. The number of hydrogen-bond acceptors (Lipinski definition) is 1. The molecule has 1 atom stereocenters. The third-order valence-corrected chi connectivity index (χ3v) is 2.54. The van der Waals surface area contributed by atoms with Crippen LogP contribution in [0, 0.1) is 11.3 Å². The van der Waals surface area contributed by atoms with Crippen molar-refractivity contribution in [1.82, 2.24) is 0 Å². The maximum atomic E-state index is 11.6. The molecule has 0 amide bonds. The molecule has 0 aromatic carbocycles. The summed E-state index contributed by atoms with van der Waals surface area (Å²) in [4.78, 5) is 11.6. The van der Waals surface area contributed by atoms with Crippen molar-refractivity contribution in [2.45, 2.75) is 66.7 Å². The van der Waals surface area contributed by atoms with E-state index in [9.17, 15) is 4.79 Å². The van der Waals surface area contributed by atoms with Crippen molar-refractivity contribution >= 4 is 5.78 Å². The van der Waals surface area contributed by atoms with Crippen LogP contribution in [0.1, 0.15) is 66.7 Å². The minimum absolute atomic E-state index is 0.285. The fourth-order valence-electron chi connectivity index (χ4n) is 2.07. The van der Waals surface area contributed by atoms with Gasteiger partial charge < -0.3 is 0 Å². The van der Waals surface area contributed by atoms with Crippen LogP contribution < -0.4 is 0 Å². The van der Waals surface area contributed by atoms with Crippen LogP contribution in [-0.4, -0.2) is 5.78 Å². The van der Waals surface area contributed by atoms with E-state index in [-0.39, 0.29) is 5.78 Å². The standard InChI is InChI=1S/C15H28O/c1-6-7-8-9-10-14(16)11-13(2)12-15(3,4)5/h9-10,13H,6-8,11-12H2,1-5H3. The van der Waals surface area contributed by atoms with E-state index in [1.54, 1.807) is 6.08 Å². The molecule has 1 heteroatoms. The molecule has 0 saturated heterocycles. The molecule has 0 spiro atoms. The van der Waals surface area contributed by atoms with Crippen molar-refractivity contribution in [3.8, 4) is 0 Å². The number of rotatable bonds is 7. The zero-order valence-corrected chi connectivity index (χ0v) is 11.7. The third kappa shape index (κ3) is 9.95. The number of allylic oxidation sites excluding steroid dienone is 2. The Labute approximate surface area is 101 Å². The molecule has 0 aliphatic heterocycles. The predicted octanol–water partition coefficient (Wildman–Crippen LogP) is 4.76. The molecule has 0 aliphatic rings. The Balaban J connectivity index is 3.82. The zero-order chi connectivity index (χ0) is 12.6. The average molecular weight is 224 g/mol. The van der Waals surface area contributed by atoms with Gasteiger partial charge in [0.1, 0.15) is 0 Å². The van der Waals surface area contributed by atoms with Gasteiger partial charge in [-0.05, 0) is 30.3 Å². The molecule has 1 nitrogen and oxygen atoms in total. The molecular formula is C15H28O. The van der Waals surface area contributed by atoms with E-state index in [1.165, 1.54) is 12.8 Å². The van der Waals surface area contributed by atoms with Gasteiger partial charge in [-0.3, -0.25) is 4.79 Å². The number of carbonyl (C=O) groups is 1. The summed E-state index contributed by atoms with van der Waals surface area (Å²) in [6.45, 7) is 11.0. The second-order valence-corrected chi connectivity index (χ2v) is 6.08. The topological polar surface area (TPSA) is 17.1 Å². The smallest absolute Gasteiger partial charge is 0.155 e. The first-order valence-electron chi connectivity index (χ1n) is 6.54. The minimum Gasteiger partial charge on any atom is -0.295 e. The Morgan fingerprint density at radius 2 is 1.94 bits per heavy atom. The van der Waals surface area contributed by atoms with Crippen molar-refractivity contribution in [2.24, 2.45) is 11.3 Å². The van der Waals surface area contributed by atoms with E-state index >= 15 is 0 Å². The summed E-state index contributed by atoms with van der Waals surface area (Å²) < 4.78 is 0. The third-order valence-electron chi connectivity index (χ3n) is 2.54.